The van der Waals surface area contributed by atoms with E-state index in [1.54, 1.807) is 24.1 Å². The number of benzene rings is 1. The number of ether oxygens (including phenoxy) is 2. The molecule has 2 saturated heterocycles. The molecule has 9 heteroatoms. The summed E-state index contributed by atoms with van der Waals surface area (Å²) in [7, 11) is 1.79. The first-order valence-corrected chi connectivity index (χ1v) is 11.3. The molecule has 2 amide bonds. The van der Waals surface area contributed by atoms with Crippen LogP contribution in [0.1, 0.15) is 23.2 Å². The number of piperidine rings is 1. The molecule has 0 saturated carbocycles. The van der Waals surface area contributed by atoms with Crippen LogP contribution in [-0.2, 0) is 16.6 Å². The fraction of sp³-hybridized carbons (Fsp3) is 0.500. The van der Waals surface area contributed by atoms with E-state index in [1.165, 1.54) is 0 Å². The van der Waals surface area contributed by atoms with Crippen molar-refractivity contribution in [3.8, 4) is 5.75 Å². The van der Waals surface area contributed by atoms with Gasteiger partial charge in [-0.2, -0.15) is 5.10 Å². The molecule has 3 heterocycles. The number of rotatable bonds is 5. The van der Waals surface area contributed by atoms with Crippen molar-refractivity contribution in [2.45, 2.75) is 18.9 Å². The van der Waals surface area contributed by atoms with Gasteiger partial charge in [-0.15, -0.1) is 0 Å². The van der Waals surface area contributed by atoms with E-state index in [0.29, 0.717) is 57.8 Å². The van der Waals surface area contributed by atoms with Crippen LogP contribution < -0.4 is 4.74 Å². The Bertz CT molecular complexity index is 928. The molecule has 0 radical (unpaired) electrons. The lowest BCUT2D eigenvalue weighted by atomic mass is 9.90. The zero-order valence-corrected chi connectivity index (χ0v) is 19.2. The highest BCUT2D eigenvalue weighted by Crippen LogP contribution is 2.28. The third kappa shape index (κ3) is 5.46. The molecular weight excluding hydrogens is 464 g/mol. The minimum absolute atomic E-state index is 0.0576. The minimum Gasteiger partial charge on any atom is -0.490 e. The average Bonchev–Trinajstić information content (AvgIpc) is 3.21. The topological polar surface area (TPSA) is 76.9 Å². The average molecular weight is 491 g/mol. The van der Waals surface area contributed by atoms with E-state index in [-0.39, 0.29) is 23.8 Å². The van der Waals surface area contributed by atoms with E-state index in [2.05, 4.69) is 21.0 Å². The van der Waals surface area contributed by atoms with Crippen molar-refractivity contribution in [1.82, 2.24) is 19.6 Å². The standard InChI is InChI=1S/C22H27BrN4O4/c1-25-14-17(13-24-25)22(29)27-6-5-20(31-19-4-2-3-18(23)12-19)16(15-27)11-21(28)26-7-9-30-10-8-26/h2-4,12-14,16,20H,5-11,15H2,1H3/t16-,20-/m0/s1. The summed E-state index contributed by atoms with van der Waals surface area (Å²) >= 11 is 3.48. The molecule has 31 heavy (non-hydrogen) atoms. The lowest BCUT2D eigenvalue weighted by Gasteiger charge is -2.39. The van der Waals surface area contributed by atoms with E-state index in [9.17, 15) is 9.59 Å². The number of hydrogen-bond acceptors (Lipinski definition) is 5. The maximum Gasteiger partial charge on any atom is 0.257 e. The SMILES string of the molecule is Cn1cc(C(=O)N2CC[C@H](Oc3cccc(Br)c3)[C@@H](CC(=O)N3CCOCC3)C2)cn1. The second kappa shape index (κ2) is 9.82. The van der Waals surface area contributed by atoms with E-state index in [0.717, 1.165) is 10.2 Å². The van der Waals surface area contributed by atoms with Gasteiger partial charge < -0.3 is 19.3 Å². The van der Waals surface area contributed by atoms with Gasteiger partial charge in [-0.05, 0) is 18.2 Å². The first kappa shape index (κ1) is 21.8. The summed E-state index contributed by atoms with van der Waals surface area (Å²) in [4.78, 5) is 29.6. The van der Waals surface area contributed by atoms with Gasteiger partial charge in [-0.25, -0.2) is 0 Å². The van der Waals surface area contributed by atoms with Gasteiger partial charge in [-0.1, -0.05) is 22.0 Å². The molecule has 4 rings (SSSR count). The Kier molecular flexibility index (Phi) is 6.92. The third-order valence-corrected chi connectivity index (χ3v) is 6.28. The van der Waals surface area contributed by atoms with Crippen LogP contribution in [0.4, 0.5) is 0 Å². The lowest BCUT2D eigenvalue weighted by molar-refractivity contribution is -0.137. The van der Waals surface area contributed by atoms with Crippen LogP contribution in [0.5, 0.6) is 5.75 Å². The van der Waals surface area contributed by atoms with Crippen molar-refractivity contribution in [1.29, 1.82) is 0 Å². The molecule has 1 aromatic carbocycles. The molecular formula is C22H27BrN4O4. The molecule has 8 nitrogen and oxygen atoms in total. The molecule has 2 aliphatic rings. The van der Waals surface area contributed by atoms with Crippen molar-refractivity contribution in [3.63, 3.8) is 0 Å². The maximum atomic E-state index is 13.0. The van der Waals surface area contributed by atoms with Crippen molar-refractivity contribution in [3.05, 3.63) is 46.7 Å². The van der Waals surface area contributed by atoms with Gasteiger partial charge in [0, 0.05) is 62.7 Å². The van der Waals surface area contributed by atoms with E-state index < -0.39 is 0 Å². The van der Waals surface area contributed by atoms with Gasteiger partial charge in [0.25, 0.3) is 5.91 Å². The Labute approximate surface area is 190 Å². The summed E-state index contributed by atoms with van der Waals surface area (Å²) in [5.41, 5.74) is 0.562. The highest BCUT2D eigenvalue weighted by atomic mass is 79.9. The predicted molar refractivity (Wildman–Crippen MR) is 118 cm³/mol. The summed E-state index contributed by atoms with van der Waals surface area (Å²) in [5, 5.41) is 4.11. The fourth-order valence-electron chi connectivity index (χ4n) is 4.14. The summed E-state index contributed by atoms with van der Waals surface area (Å²) < 4.78 is 14.2. The summed E-state index contributed by atoms with van der Waals surface area (Å²) in [5.74, 6) is 0.698. The second-order valence-electron chi connectivity index (χ2n) is 8.01. The van der Waals surface area contributed by atoms with Crippen molar-refractivity contribution < 1.29 is 19.1 Å². The van der Waals surface area contributed by atoms with Crippen LogP contribution >= 0.6 is 15.9 Å². The van der Waals surface area contributed by atoms with Crippen molar-refractivity contribution >= 4 is 27.7 Å². The molecule has 2 aromatic rings. The zero-order chi connectivity index (χ0) is 21.8. The normalized spacial score (nSPS) is 21.7. The molecule has 0 spiro atoms. The quantitative estimate of drug-likeness (QED) is 0.642. The van der Waals surface area contributed by atoms with Crippen molar-refractivity contribution in [2.75, 3.05) is 39.4 Å². The van der Waals surface area contributed by atoms with Gasteiger partial charge in [0.2, 0.25) is 5.91 Å². The summed E-state index contributed by atoms with van der Waals surface area (Å²) in [6, 6.07) is 7.71. The number of hydrogen-bond donors (Lipinski definition) is 0. The monoisotopic (exact) mass is 490 g/mol. The van der Waals surface area contributed by atoms with Gasteiger partial charge in [0.15, 0.2) is 0 Å². The van der Waals surface area contributed by atoms with Gasteiger partial charge in [0.05, 0.1) is 25.0 Å². The van der Waals surface area contributed by atoms with Crippen LogP contribution in [0.3, 0.4) is 0 Å². The summed E-state index contributed by atoms with van der Waals surface area (Å²) in [6.45, 7) is 3.42. The molecule has 2 fully saturated rings. The molecule has 166 valence electrons. The van der Waals surface area contributed by atoms with Crippen LogP contribution in [0, 0.1) is 5.92 Å². The van der Waals surface area contributed by atoms with E-state index in [4.69, 9.17) is 9.47 Å². The fourth-order valence-corrected chi connectivity index (χ4v) is 4.52. The van der Waals surface area contributed by atoms with Gasteiger partial charge >= 0.3 is 0 Å². The van der Waals surface area contributed by atoms with Gasteiger partial charge in [-0.3, -0.25) is 14.3 Å². The molecule has 0 N–H and O–H groups in total. The first-order valence-electron chi connectivity index (χ1n) is 10.6. The van der Waals surface area contributed by atoms with Crippen LogP contribution in [0.15, 0.2) is 41.1 Å². The molecule has 0 bridgehead atoms. The molecule has 2 atom stereocenters. The first-order chi connectivity index (χ1) is 15.0. The Morgan fingerprint density at radius 3 is 2.74 bits per heavy atom. The molecule has 0 aliphatic carbocycles. The summed E-state index contributed by atoms with van der Waals surface area (Å²) in [6.07, 6.45) is 4.17. The van der Waals surface area contributed by atoms with Crippen molar-refractivity contribution in [2.24, 2.45) is 13.0 Å². The van der Waals surface area contributed by atoms with Crippen LogP contribution in [0.25, 0.3) is 0 Å². The van der Waals surface area contributed by atoms with Crippen LogP contribution in [0.2, 0.25) is 0 Å². The Balaban J connectivity index is 1.48. The predicted octanol–water partition coefficient (Wildman–Crippen LogP) is 2.34. The second-order valence-corrected chi connectivity index (χ2v) is 8.93. The number of aromatic nitrogens is 2. The Hall–Kier alpha value is -2.39. The Morgan fingerprint density at radius 1 is 1.23 bits per heavy atom. The van der Waals surface area contributed by atoms with Crippen LogP contribution in [-0.4, -0.2) is 76.9 Å². The number of nitrogens with zero attached hydrogens (tertiary/aromatic N) is 4. The smallest absolute Gasteiger partial charge is 0.257 e. The number of carbonyl (C=O) groups is 2. The lowest BCUT2D eigenvalue weighted by Crippen LogP contribution is -2.50. The van der Waals surface area contributed by atoms with E-state index >= 15 is 0 Å². The minimum atomic E-state index is -0.141. The number of likely N-dealkylation sites (tertiary alicyclic amines) is 1. The molecule has 2 aliphatic heterocycles. The number of aryl methyl sites for hydroxylation is 1. The Morgan fingerprint density at radius 2 is 2.03 bits per heavy atom. The number of carbonyl (C=O) groups excluding carboxylic acids is 2. The number of halogens is 1. The number of morpholine rings is 1. The maximum absolute atomic E-state index is 13.0. The largest absolute Gasteiger partial charge is 0.490 e. The molecule has 0 unspecified atom stereocenters. The van der Waals surface area contributed by atoms with Gasteiger partial charge in [0.1, 0.15) is 11.9 Å². The highest BCUT2D eigenvalue weighted by Gasteiger charge is 2.36. The third-order valence-electron chi connectivity index (χ3n) is 5.79. The van der Waals surface area contributed by atoms with E-state index in [1.807, 2.05) is 34.1 Å². The highest BCUT2D eigenvalue weighted by molar-refractivity contribution is 9.10. The zero-order valence-electron chi connectivity index (χ0n) is 17.6. The molecule has 1 aromatic heterocycles. The number of amides is 2.